The molecule has 0 spiro atoms. The van der Waals surface area contributed by atoms with Crippen molar-refractivity contribution in [3.8, 4) is 11.8 Å². The second kappa shape index (κ2) is 11.7. The number of carbonyl (C=O) groups is 2. The van der Waals surface area contributed by atoms with Crippen LogP contribution in [0.3, 0.4) is 0 Å². The molecule has 0 saturated carbocycles. The van der Waals surface area contributed by atoms with Crippen LogP contribution in [-0.2, 0) is 16.1 Å². The summed E-state index contributed by atoms with van der Waals surface area (Å²) in [5, 5.41) is 15.6. The van der Waals surface area contributed by atoms with Crippen LogP contribution in [-0.4, -0.2) is 18.4 Å². The summed E-state index contributed by atoms with van der Waals surface area (Å²) in [7, 11) is 0. The van der Waals surface area contributed by atoms with Crippen LogP contribution in [0.2, 0.25) is 10.0 Å². The maximum Gasteiger partial charge on any atom is 0.262 e. The van der Waals surface area contributed by atoms with E-state index in [1.54, 1.807) is 36.4 Å². The first-order valence-corrected chi connectivity index (χ1v) is 10.6. The number of amides is 2. The monoisotopic (exact) mass is 479 g/mol. The lowest BCUT2D eigenvalue weighted by Gasteiger charge is -2.11. The van der Waals surface area contributed by atoms with Gasteiger partial charge in [-0.15, -0.1) is 0 Å². The normalized spacial score (nSPS) is 10.8. The molecule has 0 aliphatic rings. The van der Waals surface area contributed by atoms with Crippen LogP contribution in [0, 0.1) is 11.3 Å². The minimum Gasteiger partial charge on any atom is -0.483 e. The maximum atomic E-state index is 12.5. The smallest absolute Gasteiger partial charge is 0.262 e. The third kappa shape index (κ3) is 7.11. The molecule has 6 nitrogen and oxygen atoms in total. The predicted molar refractivity (Wildman–Crippen MR) is 129 cm³/mol. The van der Waals surface area contributed by atoms with E-state index in [4.69, 9.17) is 27.9 Å². The molecule has 2 N–H and O–H groups in total. The standard InChI is InChI=1S/C25H19Cl2N3O3/c26-21-11-10-20(13-22(21)27)30-24(31)16-33-23-9-5-4-8-18(23)12-19(14-28)25(32)29-15-17-6-2-1-3-7-17/h1-13H,15-16H2,(H,29,32)(H,30,31)/b19-12+. The Bertz CT molecular complexity index is 1220. The van der Waals surface area contributed by atoms with Crippen molar-refractivity contribution in [1.82, 2.24) is 5.32 Å². The van der Waals surface area contributed by atoms with Crippen LogP contribution < -0.4 is 15.4 Å². The molecule has 3 aromatic rings. The van der Waals surface area contributed by atoms with Gasteiger partial charge < -0.3 is 15.4 Å². The van der Waals surface area contributed by atoms with Crippen LogP contribution in [0.15, 0.2) is 78.4 Å². The van der Waals surface area contributed by atoms with Crippen molar-refractivity contribution < 1.29 is 14.3 Å². The molecule has 0 saturated heterocycles. The van der Waals surface area contributed by atoms with Crippen molar-refractivity contribution in [2.45, 2.75) is 6.54 Å². The number of nitrogens with one attached hydrogen (secondary N) is 2. The fourth-order valence-electron chi connectivity index (χ4n) is 2.82. The molecule has 3 aromatic carbocycles. The number of anilines is 1. The number of para-hydroxylation sites is 1. The second-order valence-corrected chi connectivity index (χ2v) is 7.66. The lowest BCUT2D eigenvalue weighted by Crippen LogP contribution is -2.24. The zero-order valence-corrected chi connectivity index (χ0v) is 18.9. The van der Waals surface area contributed by atoms with Crippen LogP contribution >= 0.6 is 23.2 Å². The van der Waals surface area contributed by atoms with E-state index in [1.807, 2.05) is 36.4 Å². The highest BCUT2D eigenvalue weighted by atomic mass is 35.5. The molecule has 33 heavy (non-hydrogen) atoms. The number of nitrogens with zero attached hydrogens (tertiary/aromatic N) is 1. The average Bonchev–Trinajstić information content (AvgIpc) is 2.83. The van der Waals surface area contributed by atoms with Crippen molar-refractivity contribution in [2.24, 2.45) is 0 Å². The van der Waals surface area contributed by atoms with Gasteiger partial charge in [-0.3, -0.25) is 9.59 Å². The van der Waals surface area contributed by atoms with E-state index in [9.17, 15) is 14.9 Å². The van der Waals surface area contributed by atoms with E-state index >= 15 is 0 Å². The Hall–Kier alpha value is -3.79. The molecule has 166 valence electrons. The van der Waals surface area contributed by atoms with E-state index in [0.29, 0.717) is 33.6 Å². The number of hydrogen-bond donors (Lipinski definition) is 2. The van der Waals surface area contributed by atoms with E-state index in [0.717, 1.165) is 5.56 Å². The Kier molecular flexibility index (Phi) is 8.48. The number of ether oxygens (including phenoxy) is 1. The topological polar surface area (TPSA) is 91.2 Å². The Morgan fingerprint density at radius 2 is 1.70 bits per heavy atom. The second-order valence-electron chi connectivity index (χ2n) is 6.84. The van der Waals surface area contributed by atoms with Gasteiger partial charge in [0.25, 0.3) is 11.8 Å². The van der Waals surface area contributed by atoms with Gasteiger partial charge in [0.05, 0.1) is 10.0 Å². The van der Waals surface area contributed by atoms with Crippen LogP contribution in [0.5, 0.6) is 5.75 Å². The third-order valence-corrected chi connectivity index (χ3v) is 5.18. The van der Waals surface area contributed by atoms with Gasteiger partial charge in [0.2, 0.25) is 0 Å². The van der Waals surface area contributed by atoms with Crippen molar-refractivity contribution in [3.05, 3.63) is 99.5 Å². The van der Waals surface area contributed by atoms with Gasteiger partial charge in [-0.25, -0.2) is 0 Å². The molecule has 0 aliphatic heterocycles. The van der Waals surface area contributed by atoms with Crippen molar-refractivity contribution in [3.63, 3.8) is 0 Å². The summed E-state index contributed by atoms with van der Waals surface area (Å²) in [6.07, 6.45) is 1.42. The highest BCUT2D eigenvalue weighted by molar-refractivity contribution is 6.42. The summed E-state index contributed by atoms with van der Waals surface area (Å²) >= 11 is 11.8. The molecule has 0 unspecified atom stereocenters. The molecule has 0 aliphatic carbocycles. The maximum absolute atomic E-state index is 12.5. The molecule has 3 rings (SSSR count). The van der Waals surface area contributed by atoms with Gasteiger partial charge >= 0.3 is 0 Å². The first-order chi connectivity index (χ1) is 16.0. The summed E-state index contributed by atoms with van der Waals surface area (Å²) in [6, 6.07) is 22.8. The van der Waals surface area contributed by atoms with Gasteiger partial charge in [0.15, 0.2) is 6.61 Å². The van der Waals surface area contributed by atoms with Gasteiger partial charge in [-0.05, 0) is 35.9 Å². The molecule has 0 heterocycles. The highest BCUT2D eigenvalue weighted by Gasteiger charge is 2.12. The van der Waals surface area contributed by atoms with Crippen molar-refractivity contribution in [1.29, 1.82) is 5.26 Å². The van der Waals surface area contributed by atoms with Gasteiger partial charge in [0.1, 0.15) is 17.4 Å². The quantitative estimate of drug-likeness (QED) is 0.341. The minimum atomic E-state index is -0.506. The average molecular weight is 480 g/mol. The molecule has 2 amide bonds. The highest BCUT2D eigenvalue weighted by Crippen LogP contribution is 2.25. The van der Waals surface area contributed by atoms with E-state index < -0.39 is 11.8 Å². The number of halogens is 2. The molecule has 8 heteroatoms. The lowest BCUT2D eigenvalue weighted by atomic mass is 10.1. The summed E-state index contributed by atoms with van der Waals surface area (Å²) < 4.78 is 5.62. The zero-order chi connectivity index (χ0) is 23.6. The summed E-state index contributed by atoms with van der Waals surface area (Å²) in [6.45, 7) is 0.0128. The molecular formula is C25H19Cl2N3O3. The number of hydrogen-bond acceptors (Lipinski definition) is 4. The van der Waals surface area contributed by atoms with E-state index in [-0.39, 0.29) is 12.2 Å². The molecule has 0 atom stereocenters. The van der Waals surface area contributed by atoms with Crippen LogP contribution in [0.4, 0.5) is 5.69 Å². The van der Waals surface area contributed by atoms with E-state index in [1.165, 1.54) is 12.1 Å². The Labute approximate surface area is 201 Å². The summed E-state index contributed by atoms with van der Waals surface area (Å²) in [4.78, 5) is 24.7. The molecule has 0 aromatic heterocycles. The van der Waals surface area contributed by atoms with Gasteiger partial charge in [-0.1, -0.05) is 71.7 Å². The molecule has 0 bridgehead atoms. The largest absolute Gasteiger partial charge is 0.483 e. The summed E-state index contributed by atoms with van der Waals surface area (Å²) in [5.41, 5.74) is 1.81. The number of nitriles is 1. The molecule has 0 radical (unpaired) electrons. The first-order valence-electron chi connectivity index (χ1n) is 9.87. The Morgan fingerprint density at radius 3 is 2.42 bits per heavy atom. The fourth-order valence-corrected chi connectivity index (χ4v) is 3.12. The fraction of sp³-hybridized carbons (Fsp3) is 0.0800. The first kappa shape index (κ1) is 23.9. The molecule has 0 fully saturated rings. The van der Waals surface area contributed by atoms with Gasteiger partial charge in [0, 0.05) is 17.8 Å². The SMILES string of the molecule is N#C/C(=C\c1ccccc1OCC(=O)Nc1ccc(Cl)c(Cl)c1)C(=O)NCc1ccccc1. The Morgan fingerprint density at radius 1 is 0.970 bits per heavy atom. The number of carbonyl (C=O) groups excluding carboxylic acids is 2. The summed E-state index contributed by atoms with van der Waals surface area (Å²) in [5.74, 6) is -0.563. The zero-order valence-electron chi connectivity index (χ0n) is 17.3. The van der Waals surface area contributed by atoms with Crippen molar-refractivity contribution >= 4 is 46.8 Å². The predicted octanol–water partition coefficient (Wildman–Crippen LogP) is 5.23. The van der Waals surface area contributed by atoms with E-state index in [2.05, 4.69) is 10.6 Å². The van der Waals surface area contributed by atoms with Gasteiger partial charge in [-0.2, -0.15) is 5.26 Å². The minimum absolute atomic E-state index is 0.0813. The van der Waals surface area contributed by atoms with Crippen molar-refractivity contribution in [2.75, 3.05) is 11.9 Å². The number of benzene rings is 3. The Balaban J connectivity index is 1.64. The lowest BCUT2D eigenvalue weighted by molar-refractivity contribution is -0.118. The van der Waals surface area contributed by atoms with Crippen LogP contribution in [0.25, 0.3) is 6.08 Å². The van der Waals surface area contributed by atoms with Crippen LogP contribution in [0.1, 0.15) is 11.1 Å². The third-order valence-electron chi connectivity index (χ3n) is 4.44. The molecular weight excluding hydrogens is 461 g/mol. The number of rotatable bonds is 8.